The van der Waals surface area contributed by atoms with Crippen molar-refractivity contribution in [3.63, 3.8) is 0 Å². The number of pyridine rings is 1. The summed E-state index contributed by atoms with van der Waals surface area (Å²) in [6.07, 6.45) is 1.65. The van der Waals surface area contributed by atoms with Crippen LogP contribution in [0.3, 0.4) is 0 Å². The molecule has 2 N–H and O–H groups in total. The van der Waals surface area contributed by atoms with Gasteiger partial charge in [-0.15, -0.1) is 0 Å². The summed E-state index contributed by atoms with van der Waals surface area (Å²) in [7, 11) is 0. The maximum atomic E-state index is 13.6. The van der Waals surface area contributed by atoms with E-state index < -0.39 is 35.2 Å². The Kier molecular flexibility index (Phi) is 9.49. The van der Waals surface area contributed by atoms with Gasteiger partial charge in [0.25, 0.3) is 5.56 Å². The minimum atomic E-state index is -0.877. The minimum Gasteiger partial charge on any atom is -0.444 e. The van der Waals surface area contributed by atoms with Crippen molar-refractivity contribution >= 4 is 23.5 Å². The van der Waals surface area contributed by atoms with E-state index in [-0.39, 0.29) is 29.9 Å². The predicted molar refractivity (Wildman–Crippen MR) is 145 cm³/mol. The third kappa shape index (κ3) is 7.77. The summed E-state index contributed by atoms with van der Waals surface area (Å²) in [6, 6.07) is 9.14. The van der Waals surface area contributed by atoms with Crippen molar-refractivity contribution in [1.82, 2.24) is 9.88 Å². The molecule has 0 unspecified atom stereocenters. The Hall–Kier alpha value is -3.46. The zero-order chi connectivity index (χ0) is 28.0. The molecule has 0 aliphatic carbocycles. The monoisotopic (exact) mass is 525 g/mol. The first-order chi connectivity index (χ1) is 17.9. The third-order valence-corrected chi connectivity index (χ3v) is 6.40. The molecule has 1 aromatic carbocycles. The van der Waals surface area contributed by atoms with E-state index in [1.807, 2.05) is 58.0 Å². The molecule has 2 heterocycles. The third-order valence-electron chi connectivity index (χ3n) is 6.40. The van der Waals surface area contributed by atoms with Crippen molar-refractivity contribution in [3.05, 3.63) is 64.1 Å². The lowest BCUT2D eigenvalue weighted by Crippen LogP contribution is -2.50. The van der Waals surface area contributed by atoms with E-state index in [1.165, 1.54) is 4.57 Å². The lowest BCUT2D eigenvalue weighted by atomic mass is 9.92. The fourth-order valence-electron chi connectivity index (χ4n) is 4.32. The molecule has 1 fully saturated rings. The van der Waals surface area contributed by atoms with Crippen LogP contribution >= 0.6 is 0 Å². The number of rotatable bonds is 12. The largest absolute Gasteiger partial charge is 0.444 e. The quantitative estimate of drug-likeness (QED) is 0.397. The number of hydrogen-bond donors (Lipinski definition) is 2. The molecule has 1 saturated heterocycles. The summed E-state index contributed by atoms with van der Waals surface area (Å²) in [5.41, 5.74) is 0.0975. The van der Waals surface area contributed by atoms with Gasteiger partial charge in [0, 0.05) is 6.20 Å². The van der Waals surface area contributed by atoms with Gasteiger partial charge in [-0.2, -0.15) is 0 Å². The van der Waals surface area contributed by atoms with Crippen LogP contribution < -0.4 is 16.2 Å². The summed E-state index contributed by atoms with van der Waals surface area (Å²) in [6.45, 7) is 11.8. The topological polar surface area (TPSA) is 119 Å². The first-order valence-electron chi connectivity index (χ1n) is 13.1. The number of hydrogen-bond acceptors (Lipinski definition) is 6. The maximum Gasteiger partial charge on any atom is 0.412 e. The smallest absolute Gasteiger partial charge is 0.412 e. The standard InChI is InChI=1S/C29H39N3O6/c1-18(2)12-22(25(33)29(6)17-38-29)30-26(34)24(13-19(3)4)32-15-20(5)14-23(27(32)35)31-28(36)37-16-21-10-8-7-9-11-21/h7-11,14-15,18-19,22,24H,12-13,16-17H2,1-6H3,(H,30,34)(H,31,36)/t22-,24-,29+/m0/s1. The van der Waals surface area contributed by atoms with Gasteiger partial charge in [0.05, 0.1) is 12.6 Å². The lowest BCUT2D eigenvalue weighted by molar-refractivity contribution is -0.132. The van der Waals surface area contributed by atoms with E-state index in [1.54, 1.807) is 26.1 Å². The number of nitrogens with one attached hydrogen (secondary N) is 2. The van der Waals surface area contributed by atoms with E-state index in [0.717, 1.165) is 5.56 Å². The van der Waals surface area contributed by atoms with Crippen LogP contribution in [-0.4, -0.2) is 40.6 Å². The van der Waals surface area contributed by atoms with Gasteiger partial charge < -0.3 is 19.4 Å². The molecule has 3 atom stereocenters. The number of aryl methyl sites for hydroxylation is 1. The van der Waals surface area contributed by atoms with Crippen molar-refractivity contribution in [1.29, 1.82) is 0 Å². The highest BCUT2D eigenvalue weighted by molar-refractivity contribution is 5.97. The molecule has 0 bridgehead atoms. The fourth-order valence-corrected chi connectivity index (χ4v) is 4.32. The zero-order valence-corrected chi connectivity index (χ0v) is 23.1. The summed E-state index contributed by atoms with van der Waals surface area (Å²) < 4.78 is 11.9. The van der Waals surface area contributed by atoms with E-state index >= 15 is 0 Å². The molecule has 1 aliphatic rings. The molecule has 206 valence electrons. The van der Waals surface area contributed by atoms with E-state index in [2.05, 4.69) is 10.6 Å². The number of ether oxygens (including phenoxy) is 2. The molecule has 9 nitrogen and oxygen atoms in total. The van der Waals surface area contributed by atoms with Crippen molar-refractivity contribution < 1.29 is 23.9 Å². The number of ketones is 1. The number of epoxide rings is 1. The van der Waals surface area contributed by atoms with Crippen LogP contribution in [0.5, 0.6) is 0 Å². The SMILES string of the molecule is Cc1cc(NC(=O)OCc2ccccc2)c(=O)n([C@@H](CC(C)C)C(=O)N[C@@H](CC(C)C)C(=O)[C@@]2(C)CO2)c1. The Balaban J connectivity index is 1.83. The molecule has 0 saturated carbocycles. The second-order valence-electron chi connectivity index (χ2n) is 11.1. The number of nitrogens with zero attached hydrogens (tertiary/aromatic N) is 1. The number of anilines is 1. The van der Waals surface area contributed by atoms with Gasteiger partial charge in [-0.25, -0.2) is 4.79 Å². The molecule has 1 aliphatic heterocycles. The Morgan fingerprint density at radius 3 is 2.29 bits per heavy atom. The highest BCUT2D eigenvalue weighted by Crippen LogP contribution is 2.30. The maximum absolute atomic E-state index is 13.6. The first-order valence-corrected chi connectivity index (χ1v) is 13.1. The number of carbonyl (C=O) groups excluding carboxylic acids is 3. The van der Waals surface area contributed by atoms with Gasteiger partial charge in [-0.1, -0.05) is 58.0 Å². The number of aromatic nitrogens is 1. The van der Waals surface area contributed by atoms with Crippen molar-refractivity contribution in [2.75, 3.05) is 11.9 Å². The van der Waals surface area contributed by atoms with E-state index in [9.17, 15) is 19.2 Å². The van der Waals surface area contributed by atoms with Crippen LogP contribution in [-0.2, 0) is 25.7 Å². The summed E-state index contributed by atoms with van der Waals surface area (Å²) in [4.78, 5) is 52.6. The molecule has 0 radical (unpaired) electrons. The number of carbonyl (C=O) groups is 3. The van der Waals surface area contributed by atoms with Gasteiger partial charge in [0.2, 0.25) is 5.91 Å². The van der Waals surface area contributed by atoms with Crippen LogP contribution in [0.15, 0.2) is 47.4 Å². The minimum absolute atomic E-state index is 0.0123. The first kappa shape index (κ1) is 29.1. The van der Waals surface area contributed by atoms with Gasteiger partial charge in [-0.3, -0.25) is 19.7 Å². The highest BCUT2D eigenvalue weighted by atomic mass is 16.6. The number of Topliss-reactive ketones (excluding diaryl/α,β-unsaturated/α-hetero) is 1. The Labute approximate surface area is 223 Å². The van der Waals surface area contributed by atoms with Crippen molar-refractivity contribution in [2.45, 2.75) is 78.7 Å². The lowest BCUT2D eigenvalue weighted by Gasteiger charge is -2.27. The summed E-state index contributed by atoms with van der Waals surface area (Å²) in [5, 5.41) is 5.43. The molecule has 1 aromatic heterocycles. The van der Waals surface area contributed by atoms with Crippen LogP contribution in [0.25, 0.3) is 0 Å². The summed E-state index contributed by atoms with van der Waals surface area (Å²) in [5.74, 6) is -0.348. The van der Waals surface area contributed by atoms with Gasteiger partial charge in [-0.05, 0) is 55.7 Å². The van der Waals surface area contributed by atoms with Crippen LogP contribution in [0.2, 0.25) is 0 Å². The van der Waals surface area contributed by atoms with Crippen molar-refractivity contribution in [2.24, 2.45) is 11.8 Å². The molecule has 0 spiro atoms. The van der Waals surface area contributed by atoms with E-state index in [0.29, 0.717) is 25.0 Å². The van der Waals surface area contributed by atoms with Crippen LogP contribution in [0, 0.1) is 18.8 Å². The second-order valence-corrected chi connectivity index (χ2v) is 11.1. The highest BCUT2D eigenvalue weighted by Gasteiger charge is 2.50. The van der Waals surface area contributed by atoms with Crippen LogP contribution in [0.1, 0.15) is 64.6 Å². The Bertz CT molecular complexity index is 1200. The molecular weight excluding hydrogens is 486 g/mol. The predicted octanol–water partition coefficient (Wildman–Crippen LogP) is 4.38. The van der Waals surface area contributed by atoms with Gasteiger partial charge in [0.1, 0.15) is 23.9 Å². The Morgan fingerprint density at radius 2 is 1.71 bits per heavy atom. The zero-order valence-electron chi connectivity index (χ0n) is 23.1. The Morgan fingerprint density at radius 1 is 1.08 bits per heavy atom. The molecule has 2 amide bonds. The average Bonchev–Trinajstić information content (AvgIpc) is 3.61. The normalized spacial score (nSPS) is 18.1. The second kappa shape index (κ2) is 12.4. The molecule has 2 aromatic rings. The molecule has 3 rings (SSSR count). The molecule has 9 heteroatoms. The number of amides is 2. The van der Waals surface area contributed by atoms with Crippen molar-refractivity contribution in [3.8, 4) is 0 Å². The molecular formula is C29H39N3O6. The van der Waals surface area contributed by atoms with E-state index in [4.69, 9.17) is 9.47 Å². The van der Waals surface area contributed by atoms with Crippen LogP contribution in [0.4, 0.5) is 10.5 Å². The molecule has 38 heavy (non-hydrogen) atoms. The van der Waals surface area contributed by atoms with Gasteiger partial charge >= 0.3 is 6.09 Å². The fraction of sp³-hybridized carbons (Fsp3) is 0.517. The average molecular weight is 526 g/mol. The summed E-state index contributed by atoms with van der Waals surface area (Å²) >= 11 is 0. The number of benzene rings is 1. The van der Waals surface area contributed by atoms with Gasteiger partial charge in [0.15, 0.2) is 5.78 Å².